The highest BCUT2D eigenvalue weighted by Gasteiger charge is 2.03. The molecule has 0 saturated carbocycles. The van der Waals surface area contributed by atoms with E-state index in [1.807, 2.05) is 14.1 Å². The van der Waals surface area contributed by atoms with Gasteiger partial charge in [-0.2, -0.15) is 0 Å². The maximum absolute atomic E-state index is 11.4. The molecule has 0 aliphatic heterocycles. The molecule has 0 unspecified atom stereocenters. The fourth-order valence-corrected chi connectivity index (χ4v) is 1.05. The van der Waals surface area contributed by atoms with Crippen LogP contribution in [0, 0.1) is 13.8 Å². The van der Waals surface area contributed by atoms with Crippen molar-refractivity contribution in [2.45, 2.75) is 13.8 Å². The van der Waals surface area contributed by atoms with Gasteiger partial charge in [0, 0.05) is 14.1 Å². The molecule has 1 aromatic rings. The third kappa shape index (κ3) is 2.42. The lowest BCUT2D eigenvalue weighted by Crippen LogP contribution is -2.13. The molecule has 5 heteroatoms. The van der Waals surface area contributed by atoms with Crippen LogP contribution in [-0.4, -0.2) is 35.3 Å². The predicted molar refractivity (Wildman–Crippen MR) is 56.2 cm³/mol. The van der Waals surface area contributed by atoms with Crippen LogP contribution in [0.2, 0.25) is 0 Å². The maximum Gasteiger partial charge on any atom is 0.277 e. The summed E-state index contributed by atoms with van der Waals surface area (Å²) in [6.45, 7) is 3.51. The summed E-state index contributed by atoms with van der Waals surface area (Å²) in [6.07, 6.45) is 1.58. The summed E-state index contributed by atoms with van der Waals surface area (Å²) < 4.78 is 0. The second kappa shape index (κ2) is 4.04. The molecule has 1 aromatic heterocycles. The Morgan fingerprint density at radius 2 is 2.07 bits per heavy atom. The summed E-state index contributed by atoms with van der Waals surface area (Å²) in [7, 11) is 3.68. The fourth-order valence-electron chi connectivity index (χ4n) is 1.05. The zero-order valence-electron chi connectivity index (χ0n) is 8.83. The average molecular weight is 194 g/mol. The van der Waals surface area contributed by atoms with Crippen LogP contribution in [0.3, 0.4) is 0 Å². The van der Waals surface area contributed by atoms with Gasteiger partial charge in [-0.3, -0.25) is 4.79 Å². The molecule has 5 nitrogen and oxygen atoms in total. The van der Waals surface area contributed by atoms with Crippen LogP contribution in [0.5, 0.6) is 0 Å². The van der Waals surface area contributed by atoms with E-state index in [0.717, 1.165) is 0 Å². The second-order valence-corrected chi connectivity index (χ2v) is 3.29. The van der Waals surface area contributed by atoms with Crippen molar-refractivity contribution in [3.63, 3.8) is 0 Å². The van der Waals surface area contributed by atoms with Crippen molar-refractivity contribution in [1.29, 1.82) is 0 Å². The monoisotopic (exact) mass is 194 g/mol. The summed E-state index contributed by atoms with van der Waals surface area (Å²) in [5.74, 6) is 0.608. The summed E-state index contributed by atoms with van der Waals surface area (Å²) in [5, 5.41) is 0. The normalized spacial score (nSPS) is 10.9. The molecule has 0 saturated heterocycles. The average Bonchev–Trinajstić information content (AvgIpc) is 2.01. The highest BCUT2D eigenvalue weighted by atomic mass is 16.1. The first-order chi connectivity index (χ1) is 6.50. The molecule has 14 heavy (non-hydrogen) atoms. The molecule has 0 aromatic carbocycles. The summed E-state index contributed by atoms with van der Waals surface area (Å²) >= 11 is 0. The zero-order valence-corrected chi connectivity index (χ0v) is 8.83. The van der Waals surface area contributed by atoms with E-state index < -0.39 is 0 Å². The molecule has 0 atom stereocenters. The molecule has 1 N–H and O–H groups in total. The van der Waals surface area contributed by atoms with Crippen molar-refractivity contribution >= 4 is 12.0 Å². The Morgan fingerprint density at radius 3 is 2.57 bits per heavy atom. The Kier molecular flexibility index (Phi) is 3.01. The van der Waals surface area contributed by atoms with Crippen molar-refractivity contribution in [3.8, 4) is 0 Å². The molecule has 1 rings (SSSR count). The van der Waals surface area contributed by atoms with Crippen molar-refractivity contribution in [1.82, 2.24) is 14.9 Å². The number of rotatable bonds is 2. The smallest absolute Gasteiger partial charge is 0.277 e. The summed E-state index contributed by atoms with van der Waals surface area (Å²) in [5.41, 5.74) is 0.807. The highest BCUT2D eigenvalue weighted by Crippen LogP contribution is 2.07. The van der Waals surface area contributed by atoms with Crippen LogP contribution in [0.4, 0.5) is 5.69 Å². The van der Waals surface area contributed by atoms with Crippen LogP contribution < -0.4 is 5.56 Å². The van der Waals surface area contributed by atoms with Crippen molar-refractivity contribution in [2.75, 3.05) is 14.1 Å². The van der Waals surface area contributed by atoms with Crippen LogP contribution in [0.25, 0.3) is 0 Å². The van der Waals surface area contributed by atoms with Gasteiger partial charge in [-0.1, -0.05) is 0 Å². The van der Waals surface area contributed by atoms with Gasteiger partial charge < -0.3 is 9.88 Å². The lowest BCUT2D eigenvalue weighted by atomic mass is 10.3. The van der Waals surface area contributed by atoms with Gasteiger partial charge in [0.2, 0.25) is 0 Å². The van der Waals surface area contributed by atoms with Crippen LogP contribution >= 0.6 is 0 Å². The van der Waals surface area contributed by atoms with E-state index in [0.29, 0.717) is 17.2 Å². The minimum Gasteiger partial charge on any atom is -0.369 e. The Hall–Kier alpha value is -1.65. The molecule has 76 valence electrons. The molecule has 0 amide bonds. The second-order valence-electron chi connectivity index (χ2n) is 3.29. The van der Waals surface area contributed by atoms with E-state index in [1.165, 1.54) is 0 Å². The summed E-state index contributed by atoms with van der Waals surface area (Å²) in [4.78, 5) is 24.0. The molecule has 0 fully saturated rings. The number of hydrogen-bond donors (Lipinski definition) is 1. The van der Waals surface area contributed by atoms with Gasteiger partial charge in [0.05, 0.1) is 12.0 Å². The number of aliphatic imine (C=N–C) groups is 1. The van der Waals surface area contributed by atoms with E-state index in [9.17, 15) is 4.79 Å². The van der Waals surface area contributed by atoms with Gasteiger partial charge in [-0.15, -0.1) is 0 Å². The van der Waals surface area contributed by atoms with Crippen molar-refractivity contribution in [2.24, 2.45) is 4.99 Å². The first-order valence-electron chi connectivity index (χ1n) is 4.29. The van der Waals surface area contributed by atoms with Crippen molar-refractivity contribution in [3.05, 3.63) is 21.9 Å². The number of aryl methyl sites for hydroxylation is 2. The molecule has 1 heterocycles. The Bertz CT molecular complexity index is 406. The van der Waals surface area contributed by atoms with E-state index in [1.54, 1.807) is 25.1 Å². The Balaban J connectivity index is 3.16. The Morgan fingerprint density at radius 1 is 1.43 bits per heavy atom. The lowest BCUT2D eigenvalue weighted by Gasteiger charge is -2.03. The minimum atomic E-state index is -0.201. The van der Waals surface area contributed by atoms with Crippen LogP contribution in [-0.2, 0) is 0 Å². The number of nitrogens with one attached hydrogen (secondary N) is 1. The van der Waals surface area contributed by atoms with E-state index in [2.05, 4.69) is 15.0 Å². The number of aromatic amines is 1. The molecule has 0 aliphatic carbocycles. The Labute approximate surface area is 82.5 Å². The van der Waals surface area contributed by atoms with E-state index >= 15 is 0 Å². The molecule has 0 bridgehead atoms. The number of H-pyrrole nitrogens is 1. The lowest BCUT2D eigenvalue weighted by molar-refractivity contribution is 0.643. The van der Waals surface area contributed by atoms with Gasteiger partial charge in [0.25, 0.3) is 5.56 Å². The third-order valence-electron chi connectivity index (χ3n) is 1.61. The first-order valence-corrected chi connectivity index (χ1v) is 4.29. The molecular formula is C9H14N4O. The molecular weight excluding hydrogens is 180 g/mol. The molecule has 0 aliphatic rings. The molecule has 0 radical (unpaired) electrons. The van der Waals surface area contributed by atoms with E-state index in [4.69, 9.17) is 0 Å². The van der Waals surface area contributed by atoms with Gasteiger partial charge in [-0.05, 0) is 13.8 Å². The fraction of sp³-hybridized carbons (Fsp3) is 0.444. The molecule has 0 spiro atoms. The van der Waals surface area contributed by atoms with Crippen molar-refractivity contribution < 1.29 is 0 Å². The number of aromatic nitrogens is 2. The summed E-state index contributed by atoms with van der Waals surface area (Å²) in [6, 6.07) is 0. The van der Waals surface area contributed by atoms with Crippen LogP contribution in [0.1, 0.15) is 11.5 Å². The quantitative estimate of drug-likeness (QED) is 0.554. The number of nitrogens with zero attached hydrogens (tertiary/aromatic N) is 3. The topological polar surface area (TPSA) is 61.4 Å². The number of hydrogen-bond acceptors (Lipinski definition) is 3. The van der Waals surface area contributed by atoms with Gasteiger partial charge in [0.15, 0.2) is 5.69 Å². The largest absolute Gasteiger partial charge is 0.369 e. The third-order valence-corrected chi connectivity index (χ3v) is 1.61. The first kappa shape index (κ1) is 10.4. The SMILES string of the molecule is Cc1nc(C)c(N=CN(C)C)c(=O)[nH]1. The zero-order chi connectivity index (χ0) is 10.7. The van der Waals surface area contributed by atoms with Gasteiger partial charge >= 0.3 is 0 Å². The van der Waals surface area contributed by atoms with Gasteiger partial charge in [-0.25, -0.2) is 9.98 Å². The van der Waals surface area contributed by atoms with E-state index in [-0.39, 0.29) is 5.56 Å². The minimum absolute atomic E-state index is 0.201. The maximum atomic E-state index is 11.4. The standard InChI is InChI=1S/C9H14N4O/c1-6-8(10-5-13(3)4)9(14)12-7(2)11-6/h5H,1-4H3,(H,11,12,14). The van der Waals surface area contributed by atoms with Crippen LogP contribution in [0.15, 0.2) is 9.79 Å². The van der Waals surface area contributed by atoms with Gasteiger partial charge in [0.1, 0.15) is 5.82 Å². The predicted octanol–water partition coefficient (Wildman–Crippen LogP) is 0.608. The highest BCUT2D eigenvalue weighted by molar-refractivity contribution is 5.61.